The molecule has 0 aromatic heterocycles. The smallest absolute Gasteiger partial charge is 0.211 e. The summed E-state index contributed by atoms with van der Waals surface area (Å²) in [5.74, 6) is 0.524. The zero-order valence-corrected chi connectivity index (χ0v) is 12.4. The molecule has 0 aliphatic carbocycles. The summed E-state index contributed by atoms with van der Waals surface area (Å²) < 4.78 is 21.9. The molecule has 0 fully saturated rings. The van der Waals surface area contributed by atoms with E-state index in [1.807, 2.05) is 0 Å². The van der Waals surface area contributed by atoms with Gasteiger partial charge in [-0.25, -0.2) is 9.38 Å². The highest BCUT2D eigenvalue weighted by molar-refractivity contribution is 7.98. The highest BCUT2D eigenvalue weighted by Crippen LogP contribution is 2.40. The lowest BCUT2D eigenvalue weighted by Gasteiger charge is -2.19. The van der Waals surface area contributed by atoms with Crippen LogP contribution in [-0.4, -0.2) is 13.1 Å². The summed E-state index contributed by atoms with van der Waals surface area (Å²) in [4.78, 5) is 5.17. The number of methoxy groups -OCH3 is 1. The Balaban J connectivity index is 1.97. The van der Waals surface area contributed by atoms with E-state index in [9.17, 15) is 4.39 Å². The van der Waals surface area contributed by atoms with Crippen molar-refractivity contribution in [1.82, 2.24) is 4.72 Å². The van der Waals surface area contributed by atoms with Crippen LogP contribution in [0.4, 0.5) is 15.8 Å². The minimum atomic E-state index is -0.366. The molecule has 0 unspecified atom stereocenters. The topological polar surface area (TPSA) is 69.4 Å². The molecule has 7 heteroatoms. The molecular weight excluding hydrogens is 303 g/mol. The Morgan fingerprint density at radius 2 is 2.18 bits per heavy atom. The van der Waals surface area contributed by atoms with Crippen molar-refractivity contribution < 1.29 is 9.13 Å². The number of para-hydroxylation sites is 1. The highest BCUT2D eigenvalue weighted by Gasteiger charge is 2.18. The van der Waals surface area contributed by atoms with Crippen LogP contribution in [0.15, 0.2) is 46.3 Å². The minimum Gasteiger partial charge on any atom is -0.494 e. The van der Waals surface area contributed by atoms with Gasteiger partial charge in [0.05, 0.1) is 29.3 Å². The Labute approximate surface area is 131 Å². The van der Waals surface area contributed by atoms with Crippen LogP contribution in [0.3, 0.4) is 0 Å². The summed E-state index contributed by atoms with van der Waals surface area (Å²) in [6.07, 6.45) is 0. The number of guanidine groups is 1. The van der Waals surface area contributed by atoms with Crippen LogP contribution in [0.1, 0.15) is 5.56 Å². The van der Waals surface area contributed by atoms with Crippen molar-refractivity contribution in [3.8, 4) is 11.8 Å². The second-order valence-electron chi connectivity index (χ2n) is 4.41. The third-order valence-corrected chi connectivity index (χ3v) is 3.82. The molecular formula is C15H11FN4OS. The van der Waals surface area contributed by atoms with Crippen LogP contribution in [0.2, 0.25) is 0 Å². The molecule has 1 heterocycles. The van der Waals surface area contributed by atoms with Gasteiger partial charge in [0.2, 0.25) is 5.96 Å². The highest BCUT2D eigenvalue weighted by atomic mass is 32.2. The summed E-state index contributed by atoms with van der Waals surface area (Å²) in [5, 5.41) is 11.9. The zero-order valence-electron chi connectivity index (χ0n) is 11.6. The fourth-order valence-corrected chi connectivity index (χ4v) is 2.70. The number of ether oxygens (including phenoxy) is 1. The number of hydrogen-bond donors (Lipinski definition) is 2. The van der Waals surface area contributed by atoms with Gasteiger partial charge in [-0.3, -0.25) is 4.72 Å². The van der Waals surface area contributed by atoms with E-state index < -0.39 is 0 Å². The minimum absolute atomic E-state index is 0.324. The molecule has 5 nitrogen and oxygen atoms in total. The average molecular weight is 314 g/mol. The first-order chi connectivity index (χ1) is 10.7. The zero-order chi connectivity index (χ0) is 15.5. The number of rotatable bonds is 2. The summed E-state index contributed by atoms with van der Waals surface area (Å²) in [6.45, 7) is 0. The molecule has 2 aromatic carbocycles. The number of nitrogens with zero attached hydrogens (tertiary/aromatic N) is 2. The third kappa shape index (κ3) is 2.69. The monoisotopic (exact) mass is 314 g/mol. The fourth-order valence-electron chi connectivity index (χ4n) is 1.97. The van der Waals surface area contributed by atoms with E-state index in [1.165, 1.54) is 25.1 Å². The van der Waals surface area contributed by atoms with Gasteiger partial charge in [-0.15, -0.1) is 0 Å². The van der Waals surface area contributed by atoms with E-state index in [1.54, 1.807) is 30.3 Å². The van der Waals surface area contributed by atoms with Gasteiger partial charge in [-0.2, -0.15) is 5.26 Å². The molecule has 3 rings (SSSR count). The van der Waals surface area contributed by atoms with E-state index in [0.29, 0.717) is 28.6 Å². The number of hydrogen-bond acceptors (Lipinski definition) is 6. The maximum absolute atomic E-state index is 13.7. The van der Waals surface area contributed by atoms with Crippen molar-refractivity contribution in [3.63, 3.8) is 0 Å². The van der Waals surface area contributed by atoms with Crippen LogP contribution in [-0.2, 0) is 0 Å². The third-order valence-electron chi connectivity index (χ3n) is 3.00. The molecule has 1 aliphatic heterocycles. The summed E-state index contributed by atoms with van der Waals surface area (Å²) in [7, 11) is 1.52. The Morgan fingerprint density at radius 1 is 1.36 bits per heavy atom. The van der Waals surface area contributed by atoms with Crippen molar-refractivity contribution in [2.24, 2.45) is 4.99 Å². The molecule has 2 aromatic rings. The van der Waals surface area contributed by atoms with Crippen LogP contribution in [0.25, 0.3) is 0 Å². The molecule has 2 N–H and O–H groups in total. The first kappa shape index (κ1) is 14.2. The number of anilines is 1. The van der Waals surface area contributed by atoms with Crippen molar-refractivity contribution in [2.45, 2.75) is 4.90 Å². The lowest BCUT2D eigenvalue weighted by molar-refractivity contribution is 0.415. The van der Waals surface area contributed by atoms with E-state index >= 15 is 0 Å². The van der Waals surface area contributed by atoms with E-state index in [0.717, 1.165) is 4.90 Å². The lowest BCUT2D eigenvalue weighted by Crippen LogP contribution is -2.27. The number of nitriles is 1. The lowest BCUT2D eigenvalue weighted by atomic mass is 10.2. The molecule has 1 aliphatic rings. The van der Waals surface area contributed by atoms with Crippen LogP contribution in [0.5, 0.6) is 5.75 Å². The molecule has 0 bridgehead atoms. The van der Waals surface area contributed by atoms with Crippen molar-refractivity contribution >= 4 is 29.3 Å². The Kier molecular flexibility index (Phi) is 3.85. The Bertz CT molecular complexity index is 801. The van der Waals surface area contributed by atoms with Crippen molar-refractivity contribution in [2.75, 3.05) is 12.4 Å². The molecule has 0 atom stereocenters. The fraction of sp³-hybridized carbons (Fsp3) is 0.0667. The summed E-state index contributed by atoms with van der Waals surface area (Å²) >= 11 is 1.28. The van der Waals surface area contributed by atoms with Gasteiger partial charge in [0.25, 0.3) is 0 Å². The molecule has 0 spiro atoms. The van der Waals surface area contributed by atoms with Crippen LogP contribution < -0.4 is 14.8 Å². The quantitative estimate of drug-likeness (QED) is 0.831. The number of nitrogens with one attached hydrogen (secondary N) is 2. The first-order valence-electron chi connectivity index (χ1n) is 6.36. The number of aliphatic imine (C=N–C) groups is 1. The Morgan fingerprint density at radius 3 is 2.91 bits per heavy atom. The number of halogens is 1. The molecule has 22 heavy (non-hydrogen) atoms. The summed E-state index contributed by atoms with van der Waals surface area (Å²) in [6, 6.07) is 11.8. The van der Waals surface area contributed by atoms with Gasteiger partial charge in [0.15, 0.2) is 0 Å². The Hall–Kier alpha value is -2.72. The van der Waals surface area contributed by atoms with Gasteiger partial charge in [-0.1, -0.05) is 12.1 Å². The number of benzene rings is 2. The van der Waals surface area contributed by atoms with Crippen LogP contribution in [0, 0.1) is 17.1 Å². The van der Waals surface area contributed by atoms with Crippen LogP contribution >= 0.6 is 11.9 Å². The van der Waals surface area contributed by atoms with E-state index in [2.05, 4.69) is 21.1 Å². The van der Waals surface area contributed by atoms with Gasteiger partial charge in [0.1, 0.15) is 17.3 Å². The van der Waals surface area contributed by atoms with Crippen molar-refractivity contribution in [1.29, 1.82) is 5.26 Å². The maximum Gasteiger partial charge on any atom is 0.211 e. The second-order valence-corrected chi connectivity index (χ2v) is 5.25. The van der Waals surface area contributed by atoms with Gasteiger partial charge in [-0.05, 0) is 30.1 Å². The molecule has 0 saturated heterocycles. The predicted octanol–water partition coefficient (Wildman–Crippen LogP) is 3.42. The largest absolute Gasteiger partial charge is 0.494 e. The van der Waals surface area contributed by atoms with Gasteiger partial charge < -0.3 is 10.1 Å². The molecule has 0 amide bonds. The van der Waals surface area contributed by atoms with Gasteiger partial charge >= 0.3 is 0 Å². The second kappa shape index (κ2) is 5.95. The van der Waals surface area contributed by atoms with Crippen molar-refractivity contribution in [3.05, 3.63) is 47.8 Å². The standard InChI is InChI=1S/C15H11FN4OS/c1-21-12-6-9(8-17)7-13-14(12)19-15(20-22-13)18-11-5-3-2-4-10(11)16/h2-7H,1H3,(H2,18,19,20). The normalized spacial score (nSPS) is 12.5. The SMILES string of the molecule is COc1cc(C#N)cc2c1N=C(Nc1ccccc1F)NS2. The van der Waals surface area contributed by atoms with Gasteiger partial charge in [0, 0.05) is 6.07 Å². The first-order valence-corrected chi connectivity index (χ1v) is 7.18. The molecule has 110 valence electrons. The molecule has 0 radical (unpaired) electrons. The number of fused-ring (bicyclic) bond motifs is 1. The average Bonchev–Trinajstić information content (AvgIpc) is 2.56. The van der Waals surface area contributed by atoms with E-state index in [4.69, 9.17) is 10.00 Å². The maximum atomic E-state index is 13.7. The summed E-state index contributed by atoms with van der Waals surface area (Å²) in [5.41, 5.74) is 1.42. The predicted molar refractivity (Wildman–Crippen MR) is 83.8 cm³/mol. The molecule has 0 saturated carbocycles. The van der Waals surface area contributed by atoms with E-state index in [-0.39, 0.29) is 5.82 Å².